The van der Waals surface area contributed by atoms with Crippen LogP contribution < -0.4 is 10.2 Å². The minimum Gasteiger partial charge on any atom is -0.369 e. The van der Waals surface area contributed by atoms with Crippen LogP contribution in [-0.4, -0.2) is 80.0 Å². The minimum atomic E-state index is -4.33. The van der Waals surface area contributed by atoms with Gasteiger partial charge in [-0.2, -0.15) is 13.2 Å². The number of carbonyl (C=O) groups is 2. The summed E-state index contributed by atoms with van der Waals surface area (Å²) in [7, 11) is 0. The average Bonchev–Trinajstić information content (AvgIpc) is 3.41. The molecular formula is C31H40ClF3N4O3. The van der Waals surface area contributed by atoms with Crippen molar-refractivity contribution >= 4 is 29.8 Å². The molecule has 7 nitrogen and oxygen atoms in total. The zero-order valence-electron chi connectivity index (χ0n) is 23.8. The Kier molecular flexibility index (Phi) is 11.3. The van der Waals surface area contributed by atoms with Crippen LogP contribution in [0.1, 0.15) is 47.9 Å². The van der Waals surface area contributed by atoms with Gasteiger partial charge in [0.25, 0.3) is 0 Å². The van der Waals surface area contributed by atoms with Crippen LogP contribution in [-0.2, 0) is 40.0 Å². The molecule has 11 heteroatoms. The van der Waals surface area contributed by atoms with E-state index in [4.69, 9.17) is 4.74 Å². The van der Waals surface area contributed by atoms with Gasteiger partial charge < -0.3 is 19.9 Å². The molecule has 2 fully saturated rings. The number of rotatable bonds is 10. The van der Waals surface area contributed by atoms with Crippen LogP contribution in [0.25, 0.3) is 0 Å². The SMILES string of the molecule is Cl.O=C(Cc1ccc2c(c1)CN(C(=O)CCCCCN1CCN(c3cccc(C(F)(F)F)c3)CC1)C2)C1CNCCO1. The molecule has 230 valence electrons. The fraction of sp³-hybridized carbons (Fsp3) is 0.548. The normalized spacial score (nSPS) is 19.4. The summed E-state index contributed by atoms with van der Waals surface area (Å²) in [6.45, 7) is 7.09. The number of carbonyl (C=O) groups excluding carboxylic acids is 2. The second-order valence-corrected chi connectivity index (χ2v) is 11.2. The van der Waals surface area contributed by atoms with Crippen LogP contribution in [0.3, 0.4) is 0 Å². The number of unbranched alkanes of at least 4 members (excludes halogenated alkanes) is 2. The molecule has 42 heavy (non-hydrogen) atoms. The minimum absolute atomic E-state index is 0. The van der Waals surface area contributed by atoms with Crippen molar-refractivity contribution in [1.29, 1.82) is 0 Å². The summed E-state index contributed by atoms with van der Waals surface area (Å²) < 4.78 is 44.7. The van der Waals surface area contributed by atoms with E-state index in [1.165, 1.54) is 12.1 Å². The summed E-state index contributed by atoms with van der Waals surface area (Å²) in [6.07, 6.45) is -1.05. The first-order valence-corrected chi connectivity index (χ1v) is 14.6. The van der Waals surface area contributed by atoms with Crippen LogP contribution in [0.2, 0.25) is 0 Å². The van der Waals surface area contributed by atoms with Gasteiger partial charge in [0, 0.05) is 70.9 Å². The first-order chi connectivity index (χ1) is 19.8. The van der Waals surface area contributed by atoms with Gasteiger partial charge in [-0.25, -0.2) is 0 Å². The molecule has 1 N–H and O–H groups in total. The first kappa shape index (κ1) is 32.3. The van der Waals surface area contributed by atoms with E-state index >= 15 is 0 Å². The Morgan fingerprint density at radius 2 is 1.74 bits per heavy atom. The van der Waals surface area contributed by atoms with Crippen LogP contribution in [0.5, 0.6) is 0 Å². The summed E-state index contributed by atoms with van der Waals surface area (Å²) in [5, 5.41) is 3.19. The van der Waals surface area contributed by atoms with Crippen LogP contribution in [0.4, 0.5) is 18.9 Å². The summed E-state index contributed by atoms with van der Waals surface area (Å²) in [4.78, 5) is 31.7. The van der Waals surface area contributed by atoms with Crippen LogP contribution in [0.15, 0.2) is 42.5 Å². The van der Waals surface area contributed by atoms with Crippen molar-refractivity contribution in [3.63, 3.8) is 0 Å². The average molecular weight is 609 g/mol. The zero-order chi connectivity index (χ0) is 28.8. The lowest BCUT2D eigenvalue weighted by molar-refractivity contribution is -0.137. The fourth-order valence-corrected chi connectivity index (χ4v) is 5.88. The lowest BCUT2D eigenvalue weighted by Gasteiger charge is -2.36. The zero-order valence-corrected chi connectivity index (χ0v) is 24.7. The van der Waals surface area contributed by atoms with Crippen molar-refractivity contribution in [2.75, 3.05) is 57.3 Å². The number of amides is 1. The van der Waals surface area contributed by atoms with Gasteiger partial charge in [0.05, 0.1) is 12.2 Å². The highest BCUT2D eigenvalue weighted by Crippen LogP contribution is 2.32. The molecule has 1 unspecified atom stereocenters. The lowest BCUT2D eigenvalue weighted by Crippen LogP contribution is -2.46. The van der Waals surface area contributed by atoms with Crippen molar-refractivity contribution in [1.82, 2.24) is 15.1 Å². The molecule has 0 saturated carbocycles. The number of ether oxygens (including phenoxy) is 1. The maximum Gasteiger partial charge on any atom is 0.416 e. The quantitative estimate of drug-likeness (QED) is 0.402. The highest BCUT2D eigenvalue weighted by molar-refractivity contribution is 5.86. The second-order valence-electron chi connectivity index (χ2n) is 11.2. The number of anilines is 1. The Bertz CT molecular complexity index is 1210. The maximum absolute atomic E-state index is 13.0. The van der Waals surface area contributed by atoms with Gasteiger partial charge in [-0.3, -0.25) is 14.5 Å². The Balaban J connectivity index is 0.00000405. The number of nitrogens with zero attached hydrogens (tertiary/aromatic N) is 3. The molecule has 0 radical (unpaired) electrons. The summed E-state index contributed by atoms with van der Waals surface area (Å²) in [6, 6.07) is 11.6. The van der Waals surface area contributed by atoms with Gasteiger partial charge in [-0.15, -0.1) is 12.4 Å². The van der Waals surface area contributed by atoms with E-state index < -0.39 is 11.7 Å². The topological polar surface area (TPSA) is 65.1 Å². The lowest BCUT2D eigenvalue weighted by atomic mass is 10.0. The highest BCUT2D eigenvalue weighted by atomic mass is 35.5. The van der Waals surface area contributed by atoms with E-state index in [0.29, 0.717) is 57.9 Å². The van der Waals surface area contributed by atoms with Gasteiger partial charge in [-0.05, 0) is 54.3 Å². The molecule has 0 bridgehead atoms. The summed E-state index contributed by atoms with van der Waals surface area (Å²) in [5.74, 6) is 0.246. The molecule has 0 aromatic heterocycles. The Labute approximate surface area is 251 Å². The van der Waals surface area contributed by atoms with Crippen molar-refractivity contribution < 1.29 is 27.5 Å². The molecule has 1 atom stereocenters. The maximum atomic E-state index is 13.0. The smallest absolute Gasteiger partial charge is 0.369 e. The van der Waals surface area contributed by atoms with Gasteiger partial charge in [0.15, 0.2) is 5.78 Å². The number of alkyl halides is 3. The van der Waals surface area contributed by atoms with Gasteiger partial charge in [-0.1, -0.05) is 30.7 Å². The Hall–Kier alpha value is -2.66. The number of morpholine rings is 1. The number of hydrogen-bond acceptors (Lipinski definition) is 6. The number of Topliss-reactive ketones (excluding diaryl/α,β-unsaturated/α-hetero) is 1. The molecule has 0 spiro atoms. The fourth-order valence-electron chi connectivity index (χ4n) is 5.88. The second kappa shape index (κ2) is 14.7. The van der Waals surface area contributed by atoms with Crippen LogP contribution >= 0.6 is 12.4 Å². The van der Waals surface area contributed by atoms with Gasteiger partial charge in [0.1, 0.15) is 6.10 Å². The van der Waals surface area contributed by atoms with E-state index in [1.807, 2.05) is 21.9 Å². The molecular weight excluding hydrogens is 569 g/mol. The van der Waals surface area contributed by atoms with Gasteiger partial charge in [0.2, 0.25) is 5.91 Å². The molecule has 3 heterocycles. The third-order valence-corrected chi connectivity index (χ3v) is 8.29. The molecule has 0 aliphatic carbocycles. The number of hydrogen-bond donors (Lipinski definition) is 1. The van der Waals surface area contributed by atoms with E-state index in [2.05, 4.69) is 16.3 Å². The van der Waals surface area contributed by atoms with Gasteiger partial charge >= 0.3 is 6.18 Å². The Morgan fingerprint density at radius 3 is 2.48 bits per heavy atom. The number of fused-ring (bicyclic) bond motifs is 1. The number of nitrogens with one attached hydrogen (secondary N) is 1. The third kappa shape index (κ3) is 8.46. The van der Waals surface area contributed by atoms with Crippen molar-refractivity contribution in [2.45, 2.75) is 57.5 Å². The molecule has 5 rings (SSSR count). The van der Waals surface area contributed by atoms with Crippen molar-refractivity contribution in [3.05, 3.63) is 64.7 Å². The Morgan fingerprint density at radius 1 is 0.952 bits per heavy atom. The predicted octanol–water partition coefficient (Wildman–Crippen LogP) is 4.45. The molecule has 2 aromatic rings. The van der Waals surface area contributed by atoms with E-state index in [-0.39, 0.29) is 30.2 Å². The number of ketones is 1. The van der Waals surface area contributed by atoms with E-state index in [9.17, 15) is 22.8 Å². The largest absolute Gasteiger partial charge is 0.416 e. The predicted molar refractivity (Wildman–Crippen MR) is 158 cm³/mol. The summed E-state index contributed by atoms with van der Waals surface area (Å²) >= 11 is 0. The standard InChI is InChI=1S/C31H39F3N4O3.ClH/c32-31(33,34)26-5-4-6-27(19-26)37-14-12-36(13-15-37)11-3-1-2-7-30(40)38-21-24-9-8-23(17-25(24)22-38)18-28(39)29-20-35-10-16-41-29;/h4-6,8-9,17,19,29,35H,1-3,7,10-16,18,20-22H2;1H. The number of halogens is 4. The molecule has 1 amide bonds. The molecule has 2 aromatic carbocycles. The third-order valence-electron chi connectivity index (χ3n) is 8.29. The molecule has 2 saturated heterocycles. The number of benzene rings is 2. The molecule has 3 aliphatic heterocycles. The van der Waals surface area contributed by atoms with E-state index in [1.54, 1.807) is 6.07 Å². The first-order valence-electron chi connectivity index (χ1n) is 14.6. The summed E-state index contributed by atoms with van der Waals surface area (Å²) in [5.41, 5.74) is 3.25. The number of piperazine rings is 1. The van der Waals surface area contributed by atoms with E-state index in [0.717, 1.165) is 68.2 Å². The van der Waals surface area contributed by atoms with Crippen LogP contribution in [0, 0.1) is 0 Å². The van der Waals surface area contributed by atoms with Crippen molar-refractivity contribution in [2.24, 2.45) is 0 Å². The van der Waals surface area contributed by atoms with Crippen molar-refractivity contribution in [3.8, 4) is 0 Å². The highest BCUT2D eigenvalue weighted by Gasteiger charge is 2.31. The molecule has 3 aliphatic rings. The monoisotopic (exact) mass is 608 g/mol.